The third-order valence-electron chi connectivity index (χ3n) is 5.02. The lowest BCUT2D eigenvalue weighted by atomic mass is 9.84. The number of amides is 1. The van der Waals surface area contributed by atoms with Gasteiger partial charge in [-0.1, -0.05) is 0 Å². The van der Waals surface area contributed by atoms with Crippen LogP contribution in [0.25, 0.3) is 0 Å². The number of rotatable bonds is 5. The van der Waals surface area contributed by atoms with Gasteiger partial charge in [-0.2, -0.15) is 11.3 Å². The van der Waals surface area contributed by atoms with E-state index in [2.05, 4.69) is 11.4 Å². The molecule has 5 nitrogen and oxygen atoms in total. The molecule has 1 aromatic rings. The molecular formula is C17H23NO4S. The molecule has 0 radical (unpaired) electrons. The Balaban J connectivity index is 1.46. The average molecular weight is 337 g/mol. The third-order valence-corrected chi connectivity index (χ3v) is 5.75. The SMILES string of the molecule is O=C(O)C1CCO[C@H]1C1CCN(C(=O)CCc2ccsc2)CC1. The summed E-state index contributed by atoms with van der Waals surface area (Å²) in [4.78, 5) is 25.5. The molecule has 126 valence electrons. The van der Waals surface area contributed by atoms with Crippen molar-refractivity contribution in [3.8, 4) is 0 Å². The van der Waals surface area contributed by atoms with Crippen LogP contribution in [-0.4, -0.2) is 47.7 Å². The van der Waals surface area contributed by atoms with Gasteiger partial charge >= 0.3 is 5.97 Å². The number of carbonyl (C=O) groups excluding carboxylic acids is 1. The third kappa shape index (κ3) is 3.93. The second kappa shape index (κ2) is 7.45. The second-order valence-electron chi connectivity index (χ2n) is 6.42. The zero-order valence-corrected chi connectivity index (χ0v) is 14.0. The topological polar surface area (TPSA) is 66.8 Å². The number of aryl methyl sites for hydroxylation is 1. The highest BCUT2D eigenvalue weighted by molar-refractivity contribution is 7.07. The first-order valence-corrected chi connectivity index (χ1v) is 9.22. The van der Waals surface area contributed by atoms with Crippen LogP contribution in [0.15, 0.2) is 16.8 Å². The summed E-state index contributed by atoms with van der Waals surface area (Å²) in [5.41, 5.74) is 1.22. The molecule has 2 aliphatic rings. The van der Waals surface area contributed by atoms with Gasteiger partial charge in [-0.05, 0) is 54.0 Å². The standard InChI is InChI=1S/C17H23NO4S/c19-15(2-1-12-6-10-23-11-12)18-7-3-13(4-8-18)16-14(17(20)21)5-9-22-16/h6,10-11,13-14,16H,1-5,7-9H2,(H,20,21)/t14?,16-/m0/s1. The average Bonchev–Trinajstić information content (AvgIpc) is 3.24. The highest BCUT2D eigenvalue weighted by Crippen LogP contribution is 2.33. The van der Waals surface area contributed by atoms with Gasteiger partial charge in [0.15, 0.2) is 0 Å². The molecule has 0 saturated carbocycles. The molecule has 1 N–H and O–H groups in total. The van der Waals surface area contributed by atoms with Crippen molar-refractivity contribution < 1.29 is 19.4 Å². The summed E-state index contributed by atoms with van der Waals surface area (Å²) in [5.74, 6) is -0.654. The molecule has 6 heteroatoms. The number of carbonyl (C=O) groups is 2. The molecule has 0 spiro atoms. The van der Waals surface area contributed by atoms with Crippen LogP contribution in [0.4, 0.5) is 0 Å². The smallest absolute Gasteiger partial charge is 0.309 e. The van der Waals surface area contributed by atoms with Crippen molar-refractivity contribution >= 4 is 23.2 Å². The number of likely N-dealkylation sites (tertiary alicyclic amines) is 1. The van der Waals surface area contributed by atoms with Crippen LogP contribution >= 0.6 is 11.3 Å². The lowest BCUT2D eigenvalue weighted by molar-refractivity contribution is -0.146. The van der Waals surface area contributed by atoms with Crippen molar-refractivity contribution in [1.29, 1.82) is 0 Å². The fourth-order valence-electron chi connectivity index (χ4n) is 3.66. The van der Waals surface area contributed by atoms with Gasteiger partial charge in [-0.3, -0.25) is 9.59 Å². The lowest BCUT2D eigenvalue weighted by Crippen LogP contribution is -2.43. The maximum atomic E-state index is 12.3. The lowest BCUT2D eigenvalue weighted by Gasteiger charge is -2.35. The molecule has 2 aliphatic heterocycles. The van der Waals surface area contributed by atoms with Crippen LogP contribution in [0.3, 0.4) is 0 Å². The summed E-state index contributed by atoms with van der Waals surface area (Å²) in [6.45, 7) is 1.99. The zero-order valence-electron chi connectivity index (χ0n) is 13.1. The van der Waals surface area contributed by atoms with E-state index in [4.69, 9.17) is 4.74 Å². The molecule has 23 heavy (non-hydrogen) atoms. The van der Waals surface area contributed by atoms with E-state index < -0.39 is 5.97 Å². The summed E-state index contributed by atoms with van der Waals surface area (Å²) in [6.07, 6.45) is 3.49. The molecular weight excluding hydrogens is 314 g/mol. The number of thiophene rings is 1. The van der Waals surface area contributed by atoms with Crippen molar-refractivity contribution in [3.63, 3.8) is 0 Å². The Hall–Kier alpha value is -1.40. The van der Waals surface area contributed by atoms with Crippen LogP contribution in [0.2, 0.25) is 0 Å². The number of carboxylic acids is 1. The van der Waals surface area contributed by atoms with Crippen LogP contribution in [0.1, 0.15) is 31.2 Å². The Bertz CT molecular complexity index is 537. The number of ether oxygens (including phenoxy) is 1. The Morgan fingerprint density at radius 2 is 2.09 bits per heavy atom. The van der Waals surface area contributed by atoms with E-state index in [1.165, 1.54) is 5.56 Å². The predicted octanol–water partition coefficient (Wildman–Crippen LogP) is 2.41. The molecule has 0 aliphatic carbocycles. The normalized spacial score (nSPS) is 25.7. The van der Waals surface area contributed by atoms with E-state index in [1.807, 2.05) is 10.3 Å². The summed E-state index contributed by atoms with van der Waals surface area (Å²) < 4.78 is 5.68. The number of nitrogens with zero attached hydrogens (tertiary/aromatic N) is 1. The molecule has 2 fully saturated rings. The zero-order chi connectivity index (χ0) is 16.2. The number of hydrogen-bond donors (Lipinski definition) is 1. The fourth-order valence-corrected chi connectivity index (χ4v) is 4.36. The molecule has 2 atom stereocenters. The first-order valence-electron chi connectivity index (χ1n) is 8.28. The van der Waals surface area contributed by atoms with E-state index in [1.54, 1.807) is 11.3 Å². The number of carboxylic acid groups (broad SMARTS) is 1. The second-order valence-corrected chi connectivity index (χ2v) is 7.20. The van der Waals surface area contributed by atoms with Gasteiger partial charge < -0.3 is 14.7 Å². The first kappa shape index (κ1) is 16.5. The van der Waals surface area contributed by atoms with Gasteiger partial charge in [-0.15, -0.1) is 0 Å². The minimum atomic E-state index is -0.748. The minimum absolute atomic E-state index is 0.171. The van der Waals surface area contributed by atoms with Gasteiger partial charge in [0, 0.05) is 26.1 Å². The fraction of sp³-hybridized carbons (Fsp3) is 0.647. The van der Waals surface area contributed by atoms with Crippen LogP contribution < -0.4 is 0 Å². The van der Waals surface area contributed by atoms with Gasteiger partial charge in [-0.25, -0.2) is 0 Å². The Morgan fingerprint density at radius 1 is 1.30 bits per heavy atom. The van der Waals surface area contributed by atoms with Crippen molar-refractivity contribution in [2.24, 2.45) is 11.8 Å². The van der Waals surface area contributed by atoms with Crippen molar-refractivity contribution in [1.82, 2.24) is 4.90 Å². The molecule has 0 aromatic carbocycles. The van der Waals surface area contributed by atoms with Crippen LogP contribution in [0, 0.1) is 11.8 Å². The highest BCUT2D eigenvalue weighted by atomic mass is 32.1. The van der Waals surface area contributed by atoms with E-state index in [9.17, 15) is 14.7 Å². The van der Waals surface area contributed by atoms with Crippen LogP contribution in [0.5, 0.6) is 0 Å². The van der Waals surface area contributed by atoms with E-state index >= 15 is 0 Å². The van der Waals surface area contributed by atoms with Gasteiger partial charge in [0.25, 0.3) is 0 Å². The van der Waals surface area contributed by atoms with Gasteiger partial charge in [0.1, 0.15) is 0 Å². The Kier molecular flexibility index (Phi) is 5.33. The molecule has 3 heterocycles. The monoisotopic (exact) mass is 337 g/mol. The van der Waals surface area contributed by atoms with E-state index in [0.717, 1.165) is 32.4 Å². The maximum Gasteiger partial charge on any atom is 0.309 e. The van der Waals surface area contributed by atoms with Gasteiger partial charge in [0.2, 0.25) is 5.91 Å². The summed E-state index contributed by atoms with van der Waals surface area (Å²) in [7, 11) is 0. The van der Waals surface area contributed by atoms with Crippen molar-refractivity contribution in [2.45, 2.75) is 38.2 Å². The largest absolute Gasteiger partial charge is 0.481 e. The Morgan fingerprint density at radius 3 is 2.74 bits per heavy atom. The quantitative estimate of drug-likeness (QED) is 0.896. The van der Waals surface area contributed by atoms with Gasteiger partial charge in [0.05, 0.1) is 12.0 Å². The molecule has 1 amide bonds. The van der Waals surface area contributed by atoms with E-state index in [0.29, 0.717) is 19.4 Å². The summed E-state index contributed by atoms with van der Waals surface area (Å²) >= 11 is 1.66. The highest BCUT2D eigenvalue weighted by Gasteiger charge is 2.40. The molecule has 0 bridgehead atoms. The first-order chi connectivity index (χ1) is 11.1. The minimum Gasteiger partial charge on any atom is -0.481 e. The van der Waals surface area contributed by atoms with Crippen molar-refractivity contribution in [3.05, 3.63) is 22.4 Å². The predicted molar refractivity (Wildman–Crippen MR) is 87.4 cm³/mol. The van der Waals surface area contributed by atoms with E-state index in [-0.39, 0.29) is 23.8 Å². The van der Waals surface area contributed by atoms with Crippen LogP contribution in [-0.2, 0) is 20.7 Å². The Labute approximate surface area is 140 Å². The molecule has 1 aromatic heterocycles. The summed E-state index contributed by atoms with van der Waals surface area (Å²) in [6, 6.07) is 2.06. The number of hydrogen-bond acceptors (Lipinski definition) is 4. The number of aliphatic carboxylic acids is 1. The van der Waals surface area contributed by atoms with Crippen molar-refractivity contribution in [2.75, 3.05) is 19.7 Å². The molecule has 1 unspecified atom stereocenters. The molecule has 2 saturated heterocycles. The summed E-state index contributed by atoms with van der Waals surface area (Å²) in [5, 5.41) is 13.4. The molecule has 3 rings (SSSR count). The number of piperidine rings is 1. The maximum absolute atomic E-state index is 12.3.